The van der Waals surface area contributed by atoms with Crippen molar-refractivity contribution in [1.29, 1.82) is 0 Å². The van der Waals surface area contributed by atoms with Gasteiger partial charge in [0.1, 0.15) is 11.9 Å². The van der Waals surface area contributed by atoms with Crippen LogP contribution in [0.25, 0.3) is 0 Å². The summed E-state index contributed by atoms with van der Waals surface area (Å²) in [6, 6.07) is 5.41. The molecule has 0 spiro atoms. The summed E-state index contributed by atoms with van der Waals surface area (Å²) in [5.74, 6) is 0.521. The van der Waals surface area contributed by atoms with Crippen molar-refractivity contribution in [3.63, 3.8) is 0 Å². The van der Waals surface area contributed by atoms with E-state index in [4.69, 9.17) is 9.57 Å². The molecule has 3 atom stereocenters. The van der Waals surface area contributed by atoms with E-state index < -0.39 is 23.5 Å². The van der Waals surface area contributed by atoms with E-state index in [9.17, 15) is 26.3 Å². The molecule has 0 radical (unpaired) electrons. The number of rotatable bonds is 6. The van der Waals surface area contributed by atoms with E-state index in [0.29, 0.717) is 24.4 Å². The summed E-state index contributed by atoms with van der Waals surface area (Å²) in [6.07, 6.45) is -5.72. The lowest BCUT2D eigenvalue weighted by atomic mass is 9.99. The van der Waals surface area contributed by atoms with Crippen molar-refractivity contribution in [2.24, 2.45) is 0 Å². The monoisotopic (exact) mass is 487 g/mol. The molecule has 2 aliphatic heterocycles. The van der Waals surface area contributed by atoms with Gasteiger partial charge in [-0.3, -0.25) is 0 Å². The standard InChI is InChI=1S/C23H23F6N3O2/c1-13(2)31-34-20-9-14(22(24,25)26)3-7-19(20)33-18-10-16-5-6-17(11-18)32(16)21-8-4-15(12-30-21)23(27,28)29/h3-4,7-9,12,16-18,31H,1,5-6,10-11H2,2H3/t16-,17+,18?. The number of nitrogens with zero attached hydrogens (tertiary/aromatic N) is 2. The minimum absolute atomic E-state index is 0.000322. The summed E-state index contributed by atoms with van der Waals surface area (Å²) >= 11 is 0. The number of allylic oxidation sites excluding steroid dienone is 1. The summed E-state index contributed by atoms with van der Waals surface area (Å²) in [5, 5.41) is 0. The molecule has 2 bridgehead atoms. The number of halogens is 6. The minimum Gasteiger partial charge on any atom is -0.486 e. The predicted octanol–water partition coefficient (Wildman–Crippen LogP) is 6.12. The van der Waals surface area contributed by atoms with E-state index in [1.165, 1.54) is 12.1 Å². The largest absolute Gasteiger partial charge is 0.486 e. The third-order valence-corrected chi connectivity index (χ3v) is 5.93. The van der Waals surface area contributed by atoms with Gasteiger partial charge in [-0.2, -0.15) is 26.3 Å². The first kappa shape index (κ1) is 24.0. The fourth-order valence-corrected chi connectivity index (χ4v) is 4.49. The lowest BCUT2D eigenvalue weighted by Gasteiger charge is -2.39. The van der Waals surface area contributed by atoms with Gasteiger partial charge < -0.3 is 14.5 Å². The molecule has 34 heavy (non-hydrogen) atoms. The molecule has 1 aromatic heterocycles. The molecule has 0 amide bonds. The van der Waals surface area contributed by atoms with Crippen LogP contribution in [-0.2, 0) is 12.4 Å². The Morgan fingerprint density at radius 1 is 0.971 bits per heavy atom. The van der Waals surface area contributed by atoms with Crippen LogP contribution in [0.2, 0.25) is 0 Å². The van der Waals surface area contributed by atoms with Crippen LogP contribution >= 0.6 is 0 Å². The highest BCUT2D eigenvalue weighted by Crippen LogP contribution is 2.42. The van der Waals surface area contributed by atoms with Gasteiger partial charge in [-0.1, -0.05) is 6.58 Å². The maximum atomic E-state index is 13.2. The van der Waals surface area contributed by atoms with Gasteiger partial charge >= 0.3 is 12.4 Å². The average molecular weight is 487 g/mol. The average Bonchev–Trinajstić information content (AvgIpc) is 3.02. The third-order valence-electron chi connectivity index (χ3n) is 5.93. The molecule has 0 aliphatic carbocycles. The summed E-state index contributed by atoms with van der Waals surface area (Å²) in [5.41, 5.74) is 1.18. The molecule has 3 heterocycles. The Morgan fingerprint density at radius 3 is 2.12 bits per heavy atom. The molecule has 2 aromatic rings. The second kappa shape index (κ2) is 8.92. The number of anilines is 1. The number of hydroxylamine groups is 1. The van der Waals surface area contributed by atoms with Crippen molar-refractivity contribution in [3.05, 3.63) is 59.9 Å². The maximum Gasteiger partial charge on any atom is 0.417 e. The fraction of sp³-hybridized carbons (Fsp3) is 0.435. The van der Waals surface area contributed by atoms with Crippen molar-refractivity contribution >= 4 is 5.82 Å². The number of nitrogens with one attached hydrogen (secondary N) is 1. The van der Waals surface area contributed by atoms with Gasteiger partial charge in [0.15, 0.2) is 11.5 Å². The summed E-state index contributed by atoms with van der Waals surface area (Å²) < 4.78 is 84.1. The molecule has 1 N–H and O–H groups in total. The van der Waals surface area contributed by atoms with Crippen molar-refractivity contribution in [2.45, 2.75) is 63.1 Å². The normalized spacial score (nSPS) is 22.4. The number of alkyl halides is 6. The van der Waals surface area contributed by atoms with Crippen molar-refractivity contribution in [2.75, 3.05) is 4.90 Å². The number of hydrogen-bond acceptors (Lipinski definition) is 5. The quantitative estimate of drug-likeness (QED) is 0.393. The van der Waals surface area contributed by atoms with E-state index in [1.807, 2.05) is 4.90 Å². The molecule has 0 saturated carbocycles. The van der Waals surface area contributed by atoms with Crippen LogP contribution < -0.4 is 20.0 Å². The molecule has 5 nitrogen and oxygen atoms in total. The summed E-state index contributed by atoms with van der Waals surface area (Å²) in [7, 11) is 0. The SMILES string of the molecule is C=C(C)NOc1cc(C(F)(F)F)ccc1OC1C[C@H]2CC[C@@H](C1)N2c1ccc(C(F)(F)F)cn1. The second-order valence-corrected chi connectivity index (χ2v) is 8.55. The zero-order chi connectivity index (χ0) is 24.7. The van der Waals surface area contributed by atoms with E-state index in [2.05, 4.69) is 17.0 Å². The Bertz CT molecular complexity index is 1020. The number of aromatic nitrogens is 1. The molecule has 2 aliphatic rings. The lowest BCUT2D eigenvalue weighted by Crippen LogP contribution is -2.46. The van der Waals surface area contributed by atoms with Gasteiger partial charge in [0.25, 0.3) is 0 Å². The van der Waals surface area contributed by atoms with Crippen molar-refractivity contribution in [1.82, 2.24) is 10.5 Å². The third kappa shape index (κ3) is 5.18. The van der Waals surface area contributed by atoms with Gasteiger partial charge in [-0.25, -0.2) is 10.5 Å². The van der Waals surface area contributed by atoms with Gasteiger partial charge in [0, 0.05) is 36.8 Å². The smallest absolute Gasteiger partial charge is 0.417 e. The molecule has 2 fully saturated rings. The summed E-state index contributed by atoms with van der Waals surface area (Å²) in [4.78, 5) is 11.3. The van der Waals surface area contributed by atoms with E-state index >= 15 is 0 Å². The molecule has 11 heteroatoms. The van der Waals surface area contributed by atoms with E-state index in [0.717, 1.165) is 37.2 Å². The Morgan fingerprint density at radius 2 is 1.59 bits per heavy atom. The van der Waals surface area contributed by atoms with Crippen LogP contribution in [0, 0.1) is 0 Å². The maximum absolute atomic E-state index is 13.2. The number of benzene rings is 1. The molecule has 1 aromatic carbocycles. The predicted molar refractivity (Wildman–Crippen MR) is 112 cm³/mol. The number of pyridine rings is 1. The zero-order valence-electron chi connectivity index (χ0n) is 18.2. The van der Waals surface area contributed by atoms with Crippen LogP contribution in [0.1, 0.15) is 43.7 Å². The lowest BCUT2D eigenvalue weighted by molar-refractivity contribution is -0.138. The van der Waals surface area contributed by atoms with Crippen molar-refractivity contribution < 1.29 is 35.9 Å². The van der Waals surface area contributed by atoms with Crippen LogP contribution in [0.3, 0.4) is 0 Å². The van der Waals surface area contributed by atoms with E-state index in [1.54, 1.807) is 6.92 Å². The molecular weight excluding hydrogens is 464 g/mol. The first-order valence-electron chi connectivity index (χ1n) is 10.7. The van der Waals surface area contributed by atoms with Crippen molar-refractivity contribution in [3.8, 4) is 11.5 Å². The second-order valence-electron chi connectivity index (χ2n) is 8.55. The Kier molecular flexibility index (Phi) is 6.30. The first-order valence-corrected chi connectivity index (χ1v) is 10.7. The van der Waals surface area contributed by atoms with Gasteiger partial charge in [0.2, 0.25) is 0 Å². The Balaban J connectivity index is 1.49. The Hall–Kier alpha value is -3.11. The Labute approximate surface area is 192 Å². The number of hydrogen-bond donors (Lipinski definition) is 1. The number of piperidine rings is 1. The highest BCUT2D eigenvalue weighted by Gasteiger charge is 2.43. The van der Waals surface area contributed by atoms with Crippen LogP contribution in [0.15, 0.2) is 48.8 Å². The van der Waals surface area contributed by atoms with Gasteiger partial charge in [-0.05, 0) is 50.1 Å². The van der Waals surface area contributed by atoms with E-state index in [-0.39, 0.29) is 29.7 Å². The molecule has 184 valence electrons. The van der Waals surface area contributed by atoms with Crippen LogP contribution in [-0.4, -0.2) is 23.2 Å². The van der Waals surface area contributed by atoms with Gasteiger partial charge in [0.05, 0.1) is 11.1 Å². The van der Waals surface area contributed by atoms with Crippen LogP contribution in [0.4, 0.5) is 32.2 Å². The highest BCUT2D eigenvalue weighted by atomic mass is 19.4. The number of fused-ring (bicyclic) bond motifs is 2. The molecular formula is C23H23F6N3O2. The fourth-order valence-electron chi connectivity index (χ4n) is 4.49. The number of ether oxygens (including phenoxy) is 1. The first-order chi connectivity index (χ1) is 15.9. The molecule has 2 saturated heterocycles. The zero-order valence-corrected chi connectivity index (χ0v) is 18.2. The van der Waals surface area contributed by atoms with Gasteiger partial charge in [-0.15, -0.1) is 0 Å². The summed E-state index contributed by atoms with van der Waals surface area (Å²) in [6.45, 7) is 5.19. The molecule has 4 rings (SSSR count). The van der Waals surface area contributed by atoms with Crippen LogP contribution in [0.5, 0.6) is 11.5 Å². The molecule has 1 unspecified atom stereocenters. The minimum atomic E-state index is -4.54. The highest BCUT2D eigenvalue weighted by molar-refractivity contribution is 5.46. The topological polar surface area (TPSA) is 46.6 Å².